The first-order chi connectivity index (χ1) is 7.59. The maximum atomic E-state index is 11.9. The van der Waals surface area contributed by atoms with Crippen molar-refractivity contribution in [1.82, 2.24) is 4.98 Å². The molecule has 0 bridgehead atoms. The summed E-state index contributed by atoms with van der Waals surface area (Å²) in [6.45, 7) is 0. The van der Waals surface area contributed by atoms with E-state index in [2.05, 4.69) is 9.71 Å². The number of nitrogens with one attached hydrogen (secondary N) is 1. The van der Waals surface area contributed by atoms with Gasteiger partial charge in [0.2, 0.25) is 0 Å². The summed E-state index contributed by atoms with van der Waals surface area (Å²) in [6, 6.07) is 3.11. The highest BCUT2D eigenvalue weighted by atomic mass is 35.5. The summed E-state index contributed by atoms with van der Waals surface area (Å²) in [6.07, 6.45) is 2.66. The Morgan fingerprint density at radius 1 is 1.38 bits per heavy atom. The van der Waals surface area contributed by atoms with Gasteiger partial charge in [-0.15, -0.1) is 0 Å². The highest BCUT2D eigenvalue weighted by Gasteiger charge is 2.17. The van der Waals surface area contributed by atoms with Crippen LogP contribution in [0, 0.1) is 0 Å². The predicted octanol–water partition coefficient (Wildman–Crippen LogP) is 2.60. The molecule has 16 heavy (non-hydrogen) atoms. The van der Waals surface area contributed by atoms with E-state index in [0.29, 0.717) is 5.69 Å². The lowest BCUT2D eigenvalue weighted by molar-refractivity contribution is 0.601. The molecule has 0 amide bonds. The maximum absolute atomic E-state index is 11.9. The molecule has 0 saturated heterocycles. The zero-order chi connectivity index (χ0) is 11.6. The minimum atomic E-state index is -3.65. The van der Waals surface area contributed by atoms with Crippen LogP contribution in [0.1, 0.15) is 0 Å². The monoisotopic (exact) mass is 274 g/mol. The molecule has 84 valence electrons. The fourth-order valence-corrected chi connectivity index (χ4v) is 3.24. The minimum absolute atomic E-state index is 0.0251. The first-order valence-electron chi connectivity index (χ1n) is 4.24. The molecule has 0 aromatic carbocycles. The molecular weight excluding hydrogens is 268 g/mol. The molecule has 0 aliphatic heterocycles. The van der Waals surface area contributed by atoms with Crippen LogP contribution in [0.2, 0.25) is 5.02 Å². The third kappa shape index (κ3) is 2.34. The zero-order valence-electron chi connectivity index (χ0n) is 7.92. The number of aromatic nitrogens is 1. The molecule has 0 spiro atoms. The van der Waals surface area contributed by atoms with Gasteiger partial charge in [-0.3, -0.25) is 9.71 Å². The van der Waals surface area contributed by atoms with Gasteiger partial charge in [0.15, 0.2) is 0 Å². The number of sulfonamides is 1. The molecule has 2 aromatic heterocycles. The number of thiophene rings is 1. The molecule has 2 heterocycles. The van der Waals surface area contributed by atoms with Crippen molar-refractivity contribution in [3.63, 3.8) is 0 Å². The summed E-state index contributed by atoms with van der Waals surface area (Å²) in [5, 5.41) is 3.63. The molecule has 1 N–H and O–H groups in total. The lowest BCUT2D eigenvalue weighted by atomic mass is 10.5. The Balaban J connectivity index is 2.37. The Kier molecular flexibility index (Phi) is 3.13. The van der Waals surface area contributed by atoms with E-state index in [4.69, 9.17) is 11.6 Å². The van der Waals surface area contributed by atoms with Crippen LogP contribution in [0.25, 0.3) is 0 Å². The number of hydrogen-bond donors (Lipinski definition) is 1. The standard InChI is InChI=1S/C9H7ClN2O2S2/c10-8-1-3-11-5-9(8)16(13,14)12-7-2-4-15-6-7/h1-6,12H. The Hall–Kier alpha value is -1.11. The first kappa shape index (κ1) is 11.4. The normalized spacial score (nSPS) is 11.3. The van der Waals surface area contributed by atoms with Gasteiger partial charge in [0.05, 0.1) is 10.7 Å². The predicted molar refractivity (Wildman–Crippen MR) is 64.4 cm³/mol. The van der Waals surface area contributed by atoms with Crippen molar-refractivity contribution in [2.45, 2.75) is 4.90 Å². The van der Waals surface area contributed by atoms with Crippen molar-refractivity contribution in [3.8, 4) is 0 Å². The number of pyridine rings is 1. The summed E-state index contributed by atoms with van der Waals surface area (Å²) in [5.74, 6) is 0. The summed E-state index contributed by atoms with van der Waals surface area (Å²) in [4.78, 5) is 3.71. The van der Waals surface area contributed by atoms with Gasteiger partial charge in [-0.1, -0.05) is 11.6 Å². The summed E-state index contributed by atoms with van der Waals surface area (Å²) < 4.78 is 26.2. The van der Waals surface area contributed by atoms with Crippen molar-refractivity contribution in [2.75, 3.05) is 4.72 Å². The zero-order valence-corrected chi connectivity index (χ0v) is 10.3. The first-order valence-corrected chi connectivity index (χ1v) is 7.04. The average molecular weight is 275 g/mol. The van der Waals surface area contributed by atoms with Gasteiger partial charge in [-0.05, 0) is 17.5 Å². The second-order valence-corrected chi connectivity index (χ2v) is 5.76. The van der Waals surface area contributed by atoms with Gasteiger partial charge >= 0.3 is 0 Å². The maximum Gasteiger partial charge on any atom is 0.264 e. The number of hydrogen-bond acceptors (Lipinski definition) is 4. The molecule has 0 saturated carbocycles. The Bertz CT molecular complexity index is 581. The molecule has 0 atom stereocenters. The molecule has 7 heteroatoms. The van der Waals surface area contributed by atoms with Gasteiger partial charge < -0.3 is 0 Å². The number of halogens is 1. The molecule has 0 radical (unpaired) electrons. The van der Waals surface area contributed by atoms with Gasteiger partial charge in [-0.2, -0.15) is 11.3 Å². The molecule has 0 fully saturated rings. The third-order valence-electron chi connectivity index (χ3n) is 1.80. The second kappa shape index (κ2) is 4.40. The van der Waals surface area contributed by atoms with Crippen LogP contribution >= 0.6 is 22.9 Å². The Morgan fingerprint density at radius 2 is 2.19 bits per heavy atom. The number of nitrogens with zero attached hydrogens (tertiary/aromatic N) is 1. The average Bonchev–Trinajstić information content (AvgIpc) is 2.70. The molecule has 0 aliphatic rings. The van der Waals surface area contributed by atoms with E-state index in [1.165, 1.54) is 29.8 Å². The van der Waals surface area contributed by atoms with E-state index in [1.807, 2.05) is 0 Å². The highest BCUT2D eigenvalue weighted by Crippen LogP contribution is 2.23. The van der Waals surface area contributed by atoms with Gasteiger partial charge in [0, 0.05) is 17.8 Å². The fourth-order valence-electron chi connectivity index (χ4n) is 1.09. The second-order valence-electron chi connectivity index (χ2n) is 2.92. The SMILES string of the molecule is O=S(=O)(Nc1ccsc1)c1cnccc1Cl. The van der Waals surface area contributed by atoms with Crippen LogP contribution in [-0.4, -0.2) is 13.4 Å². The van der Waals surface area contributed by atoms with E-state index in [0.717, 1.165) is 0 Å². The van der Waals surface area contributed by atoms with Crippen LogP contribution in [0.5, 0.6) is 0 Å². The molecule has 2 rings (SSSR count). The van der Waals surface area contributed by atoms with Crippen molar-refractivity contribution in [2.24, 2.45) is 0 Å². The molecule has 0 unspecified atom stereocenters. The molecule has 2 aromatic rings. The molecule has 0 aliphatic carbocycles. The van der Waals surface area contributed by atoms with E-state index in [-0.39, 0.29) is 9.92 Å². The summed E-state index contributed by atoms with van der Waals surface area (Å²) >= 11 is 7.20. The lowest BCUT2D eigenvalue weighted by Gasteiger charge is -2.06. The quantitative estimate of drug-likeness (QED) is 0.936. The third-order valence-corrected chi connectivity index (χ3v) is 4.33. The Morgan fingerprint density at radius 3 is 2.81 bits per heavy atom. The molecule has 4 nitrogen and oxygen atoms in total. The molecular formula is C9H7ClN2O2S2. The van der Waals surface area contributed by atoms with Gasteiger partial charge in [0.1, 0.15) is 4.90 Å². The van der Waals surface area contributed by atoms with Crippen LogP contribution in [0.4, 0.5) is 5.69 Å². The summed E-state index contributed by atoms with van der Waals surface area (Å²) in [7, 11) is -3.65. The van der Waals surface area contributed by atoms with Crippen molar-refractivity contribution in [3.05, 3.63) is 40.3 Å². The Labute approximate surface area is 102 Å². The summed E-state index contributed by atoms with van der Waals surface area (Å²) in [5.41, 5.74) is 0.518. The fraction of sp³-hybridized carbons (Fsp3) is 0. The van der Waals surface area contributed by atoms with E-state index >= 15 is 0 Å². The van der Waals surface area contributed by atoms with Crippen molar-refractivity contribution < 1.29 is 8.42 Å². The van der Waals surface area contributed by atoms with Gasteiger partial charge in [-0.25, -0.2) is 8.42 Å². The van der Waals surface area contributed by atoms with Crippen molar-refractivity contribution >= 4 is 38.6 Å². The highest BCUT2D eigenvalue weighted by molar-refractivity contribution is 7.92. The number of anilines is 1. The largest absolute Gasteiger partial charge is 0.279 e. The van der Waals surface area contributed by atoms with Crippen LogP contribution < -0.4 is 4.72 Å². The number of rotatable bonds is 3. The van der Waals surface area contributed by atoms with E-state index in [9.17, 15) is 8.42 Å². The van der Waals surface area contributed by atoms with E-state index in [1.54, 1.807) is 16.8 Å². The van der Waals surface area contributed by atoms with Crippen LogP contribution in [0.15, 0.2) is 40.2 Å². The topological polar surface area (TPSA) is 59.1 Å². The van der Waals surface area contributed by atoms with Crippen LogP contribution in [0.3, 0.4) is 0 Å². The van der Waals surface area contributed by atoms with Gasteiger partial charge in [0.25, 0.3) is 10.0 Å². The minimum Gasteiger partial charge on any atom is -0.279 e. The van der Waals surface area contributed by atoms with E-state index < -0.39 is 10.0 Å². The smallest absolute Gasteiger partial charge is 0.264 e. The lowest BCUT2D eigenvalue weighted by Crippen LogP contribution is -2.13. The van der Waals surface area contributed by atoms with Crippen molar-refractivity contribution in [1.29, 1.82) is 0 Å². The van der Waals surface area contributed by atoms with Crippen LogP contribution in [-0.2, 0) is 10.0 Å².